The molecule has 0 saturated carbocycles. The molecule has 6 nitrogen and oxygen atoms in total. The Morgan fingerprint density at radius 3 is 2.54 bits per heavy atom. The second-order valence-electron chi connectivity index (χ2n) is 5.13. The van der Waals surface area contributed by atoms with Crippen LogP contribution in [0.5, 0.6) is 0 Å². The smallest absolute Gasteiger partial charge is 0.293 e. The van der Waals surface area contributed by atoms with E-state index < -0.39 is 5.91 Å². The molecule has 0 aliphatic heterocycles. The van der Waals surface area contributed by atoms with Crippen molar-refractivity contribution in [2.24, 2.45) is 0 Å². The molecule has 0 atom stereocenters. The third kappa shape index (κ3) is 3.36. The molecule has 2 aromatic heterocycles. The van der Waals surface area contributed by atoms with Gasteiger partial charge in [-0.2, -0.15) is 0 Å². The average molecular weight is 341 g/mol. The number of rotatable bonds is 4. The van der Waals surface area contributed by atoms with Crippen LogP contribution in [0.3, 0.4) is 0 Å². The molecular weight excluding hydrogens is 326 g/mol. The van der Waals surface area contributed by atoms with Crippen LogP contribution in [0.25, 0.3) is 0 Å². The standard InChI is InChI=1S/C17H15N3O3S/c1-10-6-3-4-7-12(10)19-16(22)14-11(2)18-17(24-14)20-15(21)13-8-5-9-23-13/h3-9H,1-2H3,(H,19,22)(H,18,20,21). The number of aryl methyl sites for hydroxylation is 2. The van der Waals surface area contributed by atoms with Crippen LogP contribution in [0.4, 0.5) is 10.8 Å². The number of hydrogen-bond donors (Lipinski definition) is 2. The predicted molar refractivity (Wildman–Crippen MR) is 92.6 cm³/mol. The molecule has 0 bridgehead atoms. The Kier molecular flexibility index (Phi) is 4.43. The number of nitrogens with zero attached hydrogens (tertiary/aromatic N) is 1. The van der Waals surface area contributed by atoms with E-state index >= 15 is 0 Å². The topological polar surface area (TPSA) is 84.2 Å². The number of thiazole rings is 1. The van der Waals surface area contributed by atoms with Crippen LogP contribution in [0.2, 0.25) is 0 Å². The summed E-state index contributed by atoms with van der Waals surface area (Å²) in [4.78, 5) is 29.1. The summed E-state index contributed by atoms with van der Waals surface area (Å²) in [5, 5.41) is 5.84. The summed E-state index contributed by atoms with van der Waals surface area (Å²) in [6, 6.07) is 10.7. The van der Waals surface area contributed by atoms with E-state index in [0.717, 1.165) is 22.6 Å². The Morgan fingerprint density at radius 1 is 1.04 bits per heavy atom. The first-order chi connectivity index (χ1) is 11.5. The van der Waals surface area contributed by atoms with Crippen molar-refractivity contribution in [1.82, 2.24) is 4.98 Å². The number of carbonyl (C=O) groups excluding carboxylic acids is 2. The molecule has 2 N–H and O–H groups in total. The number of anilines is 2. The van der Waals surface area contributed by atoms with Crippen LogP contribution < -0.4 is 10.6 Å². The van der Waals surface area contributed by atoms with Crippen molar-refractivity contribution >= 4 is 34.0 Å². The normalized spacial score (nSPS) is 10.4. The van der Waals surface area contributed by atoms with E-state index in [4.69, 9.17) is 4.42 Å². The number of hydrogen-bond acceptors (Lipinski definition) is 5. The second-order valence-corrected chi connectivity index (χ2v) is 6.13. The molecule has 0 fully saturated rings. The first-order valence-corrected chi connectivity index (χ1v) is 8.05. The zero-order valence-electron chi connectivity index (χ0n) is 13.1. The van der Waals surface area contributed by atoms with Crippen molar-refractivity contribution in [2.45, 2.75) is 13.8 Å². The van der Waals surface area contributed by atoms with E-state index in [1.807, 2.05) is 31.2 Å². The van der Waals surface area contributed by atoms with Crippen molar-refractivity contribution in [3.63, 3.8) is 0 Å². The number of benzene rings is 1. The molecule has 2 heterocycles. The van der Waals surface area contributed by atoms with E-state index in [1.54, 1.807) is 19.1 Å². The molecule has 0 spiro atoms. The maximum absolute atomic E-state index is 12.4. The van der Waals surface area contributed by atoms with Gasteiger partial charge in [-0.25, -0.2) is 4.98 Å². The van der Waals surface area contributed by atoms with Crippen LogP contribution in [0.15, 0.2) is 47.1 Å². The van der Waals surface area contributed by atoms with Gasteiger partial charge in [0, 0.05) is 5.69 Å². The van der Waals surface area contributed by atoms with Crippen LogP contribution >= 0.6 is 11.3 Å². The van der Waals surface area contributed by atoms with Crippen LogP contribution in [-0.2, 0) is 0 Å². The lowest BCUT2D eigenvalue weighted by Gasteiger charge is -2.06. The second kappa shape index (κ2) is 6.67. The maximum Gasteiger partial charge on any atom is 0.293 e. The minimum absolute atomic E-state index is 0.189. The molecule has 122 valence electrons. The minimum Gasteiger partial charge on any atom is -0.459 e. The van der Waals surface area contributed by atoms with E-state index in [-0.39, 0.29) is 11.7 Å². The van der Waals surface area contributed by atoms with Gasteiger partial charge in [-0.1, -0.05) is 29.5 Å². The minimum atomic E-state index is -0.403. The lowest BCUT2D eigenvalue weighted by Crippen LogP contribution is -2.12. The van der Waals surface area contributed by atoms with Gasteiger partial charge >= 0.3 is 0 Å². The molecule has 0 saturated heterocycles. The van der Waals surface area contributed by atoms with Gasteiger partial charge in [0.1, 0.15) is 4.88 Å². The van der Waals surface area contributed by atoms with Crippen LogP contribution in [0.1, 0.15) is 31.5 Å². The molecule has 0 aliphatic carbocycles. The van der Waals surface area contributed by atoms with E-state index in [9.17, 15) is 9.59 Å². The Morgan fingerprint density at radius 2 is 1.83 bits per heavy atom. The summed E-state index contributed by atoms with van der Waals surface area (Å²) in [6.45, 7) is 3.65. The van der Waals surface area contributed by atoms with Gasteiger partial charge in [0.15, 0.2) is 10.9 Å². The third-order valence-electron chi connectivity index (χ3n) is 3.36. The average Bonchev–Trinajstić information content (AvgIpc) is 3.19. The van der Waals surface area contributed by atoms with Gasteiger partial charge in [0.2, 0.25) is 0 Å². The monoisotopic (exact) mass is 341 g/mol. The highest BCUT2D eigenvalue weighted by Gasteiger charge is 2.18. The molecule has 2 amide bonds. The molecule has 0 aliphatic rings. The molecule has 1 aromatic carbocycles. The lowest BCUT2D eigenvalue weighted by atomic mass is 10.2. The zero-order chi connectivity index (χ0) is 17.1. The van der Waals surface area contributed by atoms with Gasteiger partial charge in [0.05, 0.1) is 12.0 Å². The van der Waals surface area contributed by atoms with E-state index in [1.165, 1.54) is 6.26 Å². The van der Waals surface area contributed by atoms with Gasteiger partial charge < -0.3 is 9.73 Å². The molecule has 3 rings (SSSR count). The maximum atomic E-state index is 12.4. The quantitative estimate of drug-likeness (QED) is 0.755. The highest BCUT2D eigenvalue weighted by atomic mass is 32.1. The lowest BCUT2D eigenvalue weighted by molar-refractivity contribution is 0.0994. The van der Waals surface area contributed by atoms with Crippen molar-refractivity contribution in [3.8, 4) is 0 Å². The van der Waals surface area contributed by atoms with Gasteiger partial charge in [0.25, 0.3) is 11.8 Å². The summed E-state index contributed by atoms with van der Waals surface area (Å²) in [5.41, 5.74) is 2.27. The van der Waals surface area contributed by atoms with Crippen molar-refractivity contribution in [2.75, 3.05) is 10.6 Å². The van der Waals surface area contributed by atoms with Gasteiger partial charge in [-0.15, -0.1) is 0 Å². The Bertz CT molecular complexity index is 884. The fraction of sp³-hybridized carbons (Fsp3) is 0.118. The molecule has 3 aromatic rings. The Labute approximate surface area is 142 Å². The van der Waals surface area contributed by atoms with Gasteiger partial charge in [-0.05, 0) is 37.6 Å². The summed E-state index contributed by atoms with van der Waals surface area (Å²) in [6.07, 6.45) is 1.42. The van der Waals surface area contributed by atoms with E-state index in [0.29, 0.717) is 15.7 Å². The SMILES string of the molecule is Cc1ccccc1NC(=O)c1sc(NC(=O)c2ccco2)nc1C. The largest absolute Gasteiger partial charge is 0.459 e. The summed E-state index contributed by atoms with van der Waals surface area (Å²) in [5.74, 6) is -0.467. The fourth-order valence-electron chi connectivity index (χ4n) is 2.12. The van der Waals surface area contributed by atoms with Crippen molar-refractivity contribution in [3.05, 3.63) is 64.6 Å². The molecule has 24 heavy (non-hydrogen) atoms. The molecule has 7 heteroatoms. The predicted octanol–water partition coefficient (Wildman–Crippen LogP) is 3.86. The highest BCUT2D eigenvalue weighted by Crippen LogP contribution is 2.25. The number of carbonyl (C=O) groups is 2. The summed E-state index contributed by atoms with van der Waals surface area (Å²) < 4.78 is 5.03. The van der Waals surface area contributed by atoms with E-state index in [2.05, 4.69) is 15.6 Å². The molecule has 0 radical (unpaired) electrons. The first-order valence-electron chi connectivity index (χ1n) is 7.24. The Hall–Kier alpha value is -2.93. The first kappa shape index (κ1) is 15.9. The number of furan rings is 1. The third-order valence-corrected chi connectivity index (χ3v) is 4.43. The fourth-order valence-corrected chi connectivity index (χ4v) is 2.98. The number of para-hydroxylation sites is 1. The molecular formula is C17H15N3O3S. The highest BCUT2D eigenvalue weighted by molar-refractivity contribution is 7.17. The molecule has 0 unspecified atom stereocenters. The van der Waals surface area contributed by atoms with Crippen LogP contribution in [0, 0.1) is 13.8 Å². The number of aromatic nitrogens is 1. The van der Waals surface area contributed by atoms with Crippen molar-refractivity contribution in [1.29, 1.82) is 0 Å². The Balaban J connectivity index is 1.75. The summed E-state index contributed by atoms with van der Waals surface area (Å²) >= 11 is 1.12. The summed E-state index contributed by atoms with van der Waals surface area (Å²) in [7, 11) is 0. The number of nitrogens with one attached hydrogen (secondary N) is 2. The van der Waals surface area contributed by atoms with Crippen molar-refractivity contribution < 1.29 is 14.0 Å². The number of amides is 2. The van der Waals surface area contributed by atoms with Gasteiger partial charge in [-0.3, -0.25) is 14.9 Å². The van der Waals surface area contributed by atoms with Crippen LogP contribution in [-0.4, -0.2) is 16.8 Å². The zero-order valence-corrected chi connectivity index (χ0v) is 13.9.